The van der Waals surface area contributed by atoms with Crippen molar-refractivity contribution in [2.24, 2.45) is 0 Å². The van der Waals surface area contributed by atoms with Gasteiger partial charge in [0.25, 0.3) is 0 Å². The zero-order valence-corrected chi connectivity index (χ0v) is 11.2. The molecule has 0 atom stereocenters. The minimum Gasteiger partial charge on any atom is -0.312 e. The highest BCUT2D eigenvalue weighted by Crippen LogP contribution is 2.09. The molecular formula is C17H21N. The smallest absolute Gasteiger partial charge is 0.0205 e. The van der Waals surface area contributed by atoms with E-state index < -0.39 is 0 Å². The van der Waals surface area contributed by atoms with Gasteiger partial charge in [-0.1, -0.05) is 59.7 Å². The Bertz CT molecular complexity index is 468. The summed E-state index contributed by atoms with van der Waals surface area (Å²) in [6.07, 6.45) is 1.09. The van der Waals surface area contributed by atoms with Crippen LogP contribution < -0.4 is 5.32 Å². The van der Waals surface area contributed by atoms with Gasteiger partial charge in [0, 0.05) is 6.54 Å². The molecule has 94 valence electrons. The lowest BCUT2D eigenvalue weighted by Crippen LogP contribution is -2.16. The first-order valence-electron chi connectivity index (χ1n) is 6.56. The van der Waals surface area contributed by atoms with E-state index in [9.17, 15) is 0 Å². The quantitative estimate of drug-likeness (QED) is 0.786. The fourth-order valence-corrected chi connectivity index (χ4v) is 2.27. The van der Waals surface area contributed by atoms with Crippen LogP contribution in [0.25, 0.3) is 0 Å². The van der Waals surface area contributed by atoms with Gasteiger partial charge < -0.3 is 5.32 Å². The Morgan fingerprint density at radius 2 is 1.50 bits per heavy atom. The van der Waals surface area contributed by atoms with E-state index in [0.29, 0.717) is 0 Å². The molecule has 0 aromatic heterocycles. The molecule has 0 spiro atoms. The second-order valence-corrected chi connectivity index (χ2v) is 4.91. The van der Waals surface area contributed by atoms with Gasteiger partial charge in [0.05, 0.1) is 0 Å². The SMILES string of the molecule is Cc1cc(C)cc(CCNCc2ccccc2)c1. The number of benzene rings is 2. The highest BCUT2D eigenvalue weighted by atomic mass is 14.8. The molecule has 18 heavy (non-hydrogen) atoms. The first-order chi connectivity index (χ1) is 8.74. The van der Waals surface area contributed by atoms with Crippen LogP contribution in [0.3, 0.4) is 0 Å². The fourth-order valence-electron chi connectivity index (χ4n) is 2.27. The standard InChI is InChI=1S/C17H21N/c1-14-10-15(2)12-17(11-14)8-9-18-13-16-6-4-3-5-7-16/h3-7,10-12,18H,8-9,13H2,1-2H3. The molecule has 2 aromatic carbocycles. The first kappa shape index (κ1) is 12.8. The molecule has 1 nitrogen and oxygen atoms in total. The summed E-state index contributed by atoms with van der Waals surface area (Å²) in [6.45, 7) is 6.30. The number of hydrogen-bond acceptors (Lipinski definition) is 1. The third kappa shape index (κ3) is 4.01. The van der Waals surface area contributed by atoms with E-state index in [2.05, 4.69) is 67.7 Å². The van der Waals surface area contributed by atoms with E-state index in [0.717, 1.165) is 19.5 Å². The minimum atomic E-state index is 0.950. The second kappa shape index (κ2) is 6.36. The summed E-state index contributed by atoms with van der Waals surface area (Å²) in [7, 11) is 0. The molecule has 0 aliphatic heterocycles. The second-order valence-electron chi connectivity index (χ2n) is 4.91. The minimum absolute atomic E-state index is 0.950. The summed E-state index contributed by atoms with van der Waals surface area (Å²) in [6, 6.07) is 17.3. The summed E-state index contributed by atoms with van der Waals surface area (Å²) in [5, 5.41) is 3.49. The van der Waals surface area contributed by atoms with Crippen LogP contribution in [0.15, 0.2) is 48.5 Å². The molecule has 0 aliphatic carbocycles. The summed E-state index contributed by atoms with van der Waals surface area (Å²) in [5.41, 5.74) is 5.48. The molecule has 1 heteroatoms. The summed E-state index contributed by atoms with van der Waals surface area (Å²) in [5.74, 6) is 0. The van der Waals surface area contributed by atoms with Crippen LogP contribution in [-0.2, 0) is 13.0 Å². The molecule has 1 N–H and O–H groups in total. The van der Waals surface area contributed by atoms with Crippen molar-refractivity contribution in [3.8, 4) is 0 Å². The summed E-state index contributed by atoms with van der Waals surface area (Å²) in [4.78, 5) is 0. The summed E-state index contributed by atoms with van der Waals surface area (Å²) >= 11 is 0. The van der Waals surface area contributed by atoms with Crippen LogP contribution in [0.2, 0.25) is 0 Å². The van der Waals surface area contributed by atoms with Gasteiger partial charge in [0.15, 0.2) is 0 Å². The summed E-state index contributed by atoms with van der Waals surface area (Å²) < 4.78 is 0. The molecule has 0 unspecified atom stereocenters. The first-order valence-corrected chi connectivity index (χ1v) is 6.56. The highest BCUT2D eigenvalue weighted by Gasteiger charge is 1.96. The molecule has 0 radical (unpaired) electrons. The monoisotopic (exact) mass is 239 g/mol. The maximum Gasteiger partial charge on any atom is 0.0205 e. The Morgan fingerprint density at radius 3 is 2.17 bits per heavy atom. The topological polar surface area (TPSA) is 12.0 Å². The van der Waals surface area contributed by atoms with Crippen molar-refractivity contribution >= 4 is 0 Å². The predicted octanol–water partition coefficient (Wildman–Crippen LogP) is 3.64. The van der Waals surface area contributed by atoms with Crippen molar-refractivity contribution < 1.29 is 0 Å². The van der Waals surface area contributed by atoms with Crippen LogP contribution in [0.5, 0.6) is 0 Å². The zero-order valence-electron chi connectivity index (χ0n) is 11.2. The van der Waals surface area contributed by atoms with Crippen LogP contribution in [0.4, 0.5) is 0 Å². The highest BCUT2D eigenvalue weighted by molar-refractivity contribution is 5.28. The van der Waals surface area contributed by atoms with Gasteiger partial charge in [-0.05, 0) is 37.9 Å². The Hall–Kier alpha value is -1.60. The molecule has 2 rings (SSSR count). The lowest BCUT2D eigenvalue weighted by molar-refractivity contribution is 0.686. The molecule has 0 bridgehead atoms. The Morgan fingerprint density at radius 1 is 0.833 bits per heavy atom. The van der Waals surface area contributed by atoms with Crippen LogP contribution in [-0.4, -0.2) is 6.54 Å². The number of rotatable bonds is 5. The average Bonchev–Trinajstić information content (AvgIpc) is 2.35. The molecule has 2 aromatic rings. The van der Waals surface area contributed by atoms with E-state index in [-0.39, 0.29) is 0 Å². The molecule has 0 heterocycles. The van der Waals surface area contributed by atoms with E-state index in [1.54, 1.807) is 0 Å². The molecule has 0 fully saturated rings. The Kier molecular flexibility index (Phi) is 4.54. The number of aryl methyl sites for hydroxylation is 2. The third-order valence-corrected chi connectivity index (χ3v) is 3.04. The van der Waals surface area contributed by atoms with Crippen LogP contribution >= 0.6 is 0 Å². The van der Waals surface area contributed by atoms with E-state index in [1.807, 2.05) is 0 Å². The normalized spacial score (nSPS) is 10.6. The number of hydrogen-bond donors (Lipinski definition) is 1. The van der Waals surface area contributed by atoms with Crippen molar-refractivity contribution in [2.75, 3.05) is 6.54 Å². The van der Waals surface area contributed by atoms with Crippen molar-refractivity contribution in [3.63, 3.8) is 0 Å². The van der Waals surface area contributed by atoms with Gasteiger partial charge in [-0.2, -0.15) is 0 Å². The largest absolute Gasteiger partial charge is 0.312 e. The maximum atomic E-state index is 3.49. The van der Waals surface area contributed by atoms with Crippen molar-refractivity contribution in [3.05, 3.63) is 70.8 Å². The van der Waals surface area contributed by atoms with E-state index in [4.69, 9.17) is 0 Å². The lowest BCUT2D eigenvalue weighted by atomic mass is 10.1. The van der Waals surface area contributed by atoms with Gasteiger partial charge in [-0.25, -0.2) is 0 Å². The molecule has 0 amide bonds. The number of nitrogens with one attached hydrogen (secondary N) is 1. The van der Waals surface area contributed by atoms with Crippen LogP contribution in [0.1, 0.15) is 22.3 Å². The molecule has 0 aliphatic rings. The molecular weight excluding hydrogens is 218 g/mol. The maximum absolute atomic E-state index is 3.49. The third-order valence-electron chi connectivity index (χ3n) is 3.04. The fraction of sp³-hybridized carbons (Fsp3) is 0.294. The molecule has 0 saturated carbocycles. The van der Waals surface area contributed by atoms with Gasteiger partial charge in [-0.15, -0.1) is 0 Å². The van der Waals surface area contributed by atoms with Crippen LogP contribution in [0, 0.1) is 13.8 Å². The van der Waals surface area contributed by atoms with Gasteiger partial charge in [0.2, 0.25) is 0 Å². The van der Waals surface area contributed by atoms with Crippen molar-refractivity contribution in [2.45, 2.75) is 26.8 Å². The van der Waals surface area contributed by atoms with Gasteiger partial charge >= 0.3 is 0 Å². The zero-order chi connectivity index (χ0) is 12.8. The van der Waals surface area contributed by atoms with E-state index in [1.165, 1.54) is 22.3 Å². The average molecular weight is 239 g/mol. The molecule has 0 saturated heterocycles. The predicted molar refractivity (Wildman–Crippen MR) is 77.8 cm³/mol. The van der Waals surface area contributed by atoms with Crippen molar-refractivity contribution in [1.29, 1.82) is 0 Å². The lowest BCUT2D eigenvalue weighted by Gasteiger charge is -2.07. The van der Waals surface area contributed by atoms with E-state index >= 15 is 0 Å². The Balaban J connectivity index is 1.78. The van der Waals surface area contributed by atoms with Crippen molar-refractivity contribution in [1.82, 2.24) is 5.32 Å². The van der Waals surface area contributed by atoms with Gasteiger partial charge in [0.1, 0.15) is 0 Å². The van der Waals surface area contributed by atoms with Gasteiger partial charge in [-0.3, -0.25) is 0 Å². The Labute approximate surface area is 110 Å².